The average Bonchev–Trinajstić information content (AvgIpc) is 3.16. The normalized spacial score (nSPS) is 12.1. The van der Waals surface area contributed by atoms with E-state index in [4.69, 9.17) is 16.6 Å². The van der Waals surface area contributed by atoms with E-state index in [1.54, 1.807) is 6.92 Å². The Bertz CT molecular complexity index is 1290. The Hall–Kier alpha value is -4.06. The molecule has 0 saturated heterocycles. The number of nitrogens with two attached hydrogens (primary N) is 1. The largest absolute Gasteiger partial charge is 0.387 e. The molecule has 5 N–H and O–H groups in total. The van der Waals surface area contributed by atoms with E-state index in [0.717, 1.165) is 33.2 Å². The van der Waals surface area contributed by atoms with Gasteiger partial charge in [0.2, 0.25) is 0 Å². The topological polar surface area (TPSA) is 115 Å². The van der Waals surface area contributed by atoms with Crippen molar-refractivity contribution in [3.05, 3.63) is 78.5 Å². The number of nitrogens with one attached hydrogen (secondary N) is 3. The fourth-order valence-corrected chi connectivity index (χ4v) is 3.31. The molecule has 6 nitrogen and oxygen atoms in total. The van der Waals surface area contributed by atoms with E-state index in [9.17, 15) is 0 Å². The Morgan fingerprint density at radius 3 is 2.70 bits per heavy atom. The minimum Gasteiger partial charge on any atom is -0.387 e. The molecule has 30 heavy (non-hydrogen) atoms. The summed E-state index contributed by atoms with van der Waals surface area (Å²) in [6.07, 6.45) is 5.30. The maximum absolute atomic E-state index is 7.81. The minimum absolute atomic E-state index is 0.0302. The number of hydrogen-bond acceptors (Lipinski definition) is 3. The van der Waals surface area contributed by atoms with Crippen molar-refractivity contribution in [1.82, 2.24) is 9.97 Å². The highest BCUT2D eigenvalue weighted by molar-refractivity contribution is 6.04. The van der Waals surface area contributed by atoms with Gasteiger partial charge in [0.1, 0.15) is 11.7 Å². The number of rotatable bonds is 5. The number of H-pyrrole nitrogens is 1. The van der Waals surface area contributed by atoms with Crippen molar-refractivity contribution in [3.8, 4) is 11.3 Å². The Balaban J connectivity index is 1.60. The van der Waals surface area contributed by atoms with Gasteiger partial charge in [0.25, 0.3) is 0 Å². The SMILES string of the molecule is CC(=N)/C=C\C(=N)N=C(N)Cc1ccc2ncc(-c3cc4ccccc4[nH]3)cc2c1. The lowest BCUT2D eigenvalue weighted by atomic mass is 10.1. The highest BCUT2D eigenvalue weighted by Gasteiger charge is 2.06. The van der Waals surface area contributed by atoms with Crippen LogP contribution in [0.4, 0.5) is 0 Å². The molecule has 0 spiro atoms. The average molecular weight is 394 g/mol. The zero-order valence-electron chi connectivity index (χ0n) is 16.6. The van der Waals surface area contributed by atoms with E-state index in [0.29, 0.717) is 18.0 Å². The van der Waals surface area contributed by atoms with E-state index >= 15 is 0 Å². The Morgan fingerprint density at radius 1 is 1.07 bits per heavy atom. The van der Waals surface area contributed by atoms with Crippen LogP contribution < -0.4 is 5.73 Å². The predicted molar refractivity (Wildman–Crippen MR) is 125 cm³/mol. The van der Waals surface area contributed by atoms with Crippen LogP contribution in [0, 0.1) is 10.8 Å². The number of aromatic nitrogens is 2. The Kier molecular flexibility index (Phi) is 5.22. The van der Waals surface area contributed by atoms with E-state index < -0.39 is 0 Å². The lowest BCUT2D eigenvalue weighted by Gasteiger charge is -2.05. The molecule has 0 amide bonds. The monoisotopic (exact) mass is 394 g/mol. The predicted octanol–water partition coefficient (Wildman–Crippen LogP) is 4.86. The van der Waals surface area contributed by atoms with E-state index in [-0.39, 0.29) is 5.84 Å². The van der Waals surface area contributed by atoms with Gasteiger partial charge in [-0.1, -0.05) is 24.3 Å². The minimum atomic E-state index is 0.0302. The number of aliphatic imine (C=N–C) groups is 1. The molecule has 0 saturated carbocycles. The van der Waals surface area contributed by atoms with Crippen LogP contribution in [0.1, 0.15) is 12.5 Å². The molecule has 0 radical (unpaired) electrons. The van der Waals surface area contributed by atoms with E-state index in [2.05, 4.69) is 45.3 Å². The van der Waals surface area contributed by atoms with Crippen molar-refractivity contribution < 1.29 is 0 Å². The lowest BCUT2D eigenvalue weighted by molar-refractivity contribution is 1.28. The second-order valence-corrected chi connectivity index (χ2v) is 7.20. The molecular formula is C24H22N6. The van der Waals surface area contributed by atoms with Gasteiger partial charge < -0.3 is 16.1 Å². The number of hydrogen-bond donors (Lipinski definition) is 4. The molecule has 2 aromatic heterocycles. The van der Waals surface area contributed by atoms with Crippen molar-refractivity contribution in [2.24, 2.45) is 10.7 Å². The third-order valence-corrected chi connectivity index (χ3v) is 4.73. The van der Waals surface area contributed by atoms with Crippen molar-refractivity contribution in [3.63, 3.8) is 0 Å². The number of nitrogens with zero attached hydrogens (tertiary/aromatic N) is 2. The van der Waals surface area contributed by atoms with Gasteiger partial charge >= 0.3 is 0 Å². The second-order valence-electron chi connectivity index (χ2n) is 7.20. The van der Waals surface area contributed by atoms with Crippen LogP contribution in [0.25, 0.3) is 33.1 Å². The second kappa shape index (κ2) is 8.13. The fourth-order valence-electron chi connectivity index (χ4n) is 3.31. The molecule has 4 aromatic rings. The summed E-state index contributed by atoms with van der Waals surface area (Å²) in [5.74, 6) is 0.383. The first kappa shape index (κ1) is 19.3. The molecule has 2 aromatic carbocycles. The van der Waals surface area contributed by atoms with Crippen molar-refractivity contribution in [1.29, 1.82) is 10.8 Å². The quantitative estimate of drug-likeness (QED) is 0.286. The summed E-state index contributed by atoms with van der Waals surface area (Å²) in [6, 6.07) is 18.4. The number of amidine groups is 2. The standard InChI is InChI=1S/C24H22N6/c1-15(25)6-9-23(26)30-24(27)11-16-7-8-20-18(10-16)12-19(14-28-20)22-13-17-4-2-3-5-21(17)29-22/h2-10,12-14,25,29H,11H2,1H3,(H3,26,27,30)/b9-6-,25-15?. The van der Waals surface area contributed by atoms with Gasteiger partial charge in [-0.2, -0.15) is 0 Å². The zero-order chi connectivity index (χ0) is 21.1. The van der Waals surface area contributed by atoms with Crippen LogP contribution in [-0.2, 0) is 6.42 Å². The van der Waals surface area contributed by atoms with Gasteiger partial charge in [0, 0.05) is 45.9 Å². The van der Waals surface area contributed by atoms with E-state index in [1.807, 2.05) is 30.5 Å². The molecule has 0 atom stereocenters. The van der Waals surface area contributed by atoms with Gasteiger partial charge in [0.05, 0.1) is 5.52 Å². The zero-order valence-corrected chi connectivity index (χ0v) is 16.6. The highest BCUT2D eigenvalue weighted by atomic mass is 14.9. The molecule has 4 rings (SSSR count). The maximum atomic E-state index is 7.81. The van der Waals surface area contributed by atoms with Crippen molar-refractivity contribution >= 4 is 39.2 Å². The molecule has 0 fully saturated rings. The third-order valence-electron chi connectivity index (χ3n) is 4.73. The molecule has 0 bridgehead atoms. The van der Waals surface area contributed by atoms with Crippen LogP contribution in [0.3, 0.4) is 0 Å². The first-order valence-electron chi connectivity index (χ1n) is 9.59. The number of pyridine rings is 1. The summed E-state index contributed by atoms with van der Waals surface area (Å²) in [6.45, 7) is 1.64. The number of allylic oxidation sites excluding steroid dienone is 1. The number of para-hydroxylation sites is 1. The fraction of sp³-hybridized carbons (Fsp3) is 0.0833. The first-order chi connectivity index (χ1) is 14.5. The number of aromatic amines is 1. The summed E-state index contributed by atoms with van der Waals surface area (Å²) in [4.78, 5) is 12.1. The molecule has 0 unspecified atom stereocenters. The Morgan fingerprint density at radius 2 is 1.90 bits per heavy atom. The summed E-state index contributed by atoms with van der Waals surface area (Å²) < 4.78 is 0. The lowest BCUT2D eigenvalue weighted by Crippen LogP contribution is -2.16. The molecule has 0 aliphatic heterocycles. The van der Waals surface area contributed by atoms with Crippen LogP contribution >= 0.6 is 0 Å². The van der Waals surface area contributed by atoms with Crippen LogP contribution in [0.5, 0.6) is 0 Å². The number of fused-ring (bicyclic) bond motifs is 2. The van der Waals surface area contributed by atoms with Crippen LogP contribution in [0.15, 0.2) is 77.9 Å². The summed E-state index contributed by atoms with van der Waals surface area (Å²) in [7, 11) is 0. The summed E-state index contributed by atoms with van der Waals surface area (Å²) >= 11 is 0. The maximum Gasteiger partial charge on any atom is 0.146 e. The summed E-state index contributed by atoms with van der Waals surface area (Å²) in [5, 5.41) is 17.4. The van der Waals surface area contributed by atoms with Crippen LogP contribution in [0.2, 0.25) is 0 Å². The Labute approximate surface area is 174 Å². The molecule has 0 aliphatic carbocycles. The smallest absolute Gasteiger partial charge is 0.146 e. The van der Waals surface area contributed by atoms with Gasteiger partial charge in [-0.25, -0.2) is 4.99 Å². The van der Waals surface area contributed by atoms with Gasteiger partial charge in [-0.05, 0) is 55.0 Å². The third kappa shape index (κ3) is 4.33. The van der Waals surface area contributed by atoms with Gasteiger partial charge in [0.15, 0.2) is 0 Å². The molecule has 0 aliphatic rings. The number of benzene rings is 2. The summed E-state index contributed by atoms with van der Waals surface area (Å²) in [5.41, 5.74) is 11.4. The highest BCUT2D eigenvalue weighted by Crippen LogP contribution is 2.26. The molecular weight excluding hydrogens is 372 g/mol. The molecule has 148 valence electrons. The van der Waals surface area contributed by atoms with Crippen molar-refractivity contribution in [2.45, 2.75) is 13.3 Å². The van der Waals surface area contributed by atoms with Crippen LogP contribution in [-0.4, -0.2) is 27.4 Å². The molecule has 2 heterocycles. The van der Waals surface area contributed by atoms with Gasteiger partial charge in [-0.15, -0.1) is 0 Å². The van der Waals surface area contributed by atoms with Crippen molar-refractivity contribution in [2.75, 3.05) is 0 Å². The first-order valence-corrected chi connectivity index (χ1v) is 9.59. The van der Waals surface area contributed by atoms with E-state index in [1.165, 1.54) is 17.5 Å². The van der Waals surface area contributed by atoms with Gasteiger partial charge in [-0.3, -0.25) is 10.4 Å². The molecule has 6 heteroatoms.